The van der Waals surface area contributed by atoms with Gasteiger partial charge in [-0.3, -0.25) is 9.59 Å². The zero-order valence-corrected chi connectivity index (χ0v) is 25.9. The normalized spacial score (nSPS) is 18.5. The fourth-order valence-electron chi connectivity index (χ4n) is 5.50. The Bertz CT molecular complexity index is 1910. The fourth-order valence-corrected chi connectivity index (χ4v) is 7.17. The highest BCUT2D eigenvalue weighted by Crippen LogP contribution is 2.36. The van der Waals surface area contributed by atoms with E-state index in [0.29, 0.717) is 71.5 Å². The lowest BCUT2D eigenvalue weighted by atomic mass is 10.0. The number of halogens is 2. The van der Waals surface area contributed by atoms with Crippen LogP contribution in [0.15, 0.2) is 66.9 Å². The van der Waals surface area contributed by atoms with Crippen molar-refractivity contribution >= 4 is 32.6 Å². The molecule has 4 aromatic rings. The molecule has 0 aliphatic carbocycles. The van der Waals surface area contributed by atoms with E-state index in [1.165, 1.54) is 0 Å². The first-order chi connectivity index (χ1) is 21.9. The number of hydrogen-bond donors (Lipinski definition) is 2. The molecule has 2 amide bonds. The summed E-state index contributed by atoms with van der Waals surface area (Å²) < 4.78 is 70.4. The summed E-state index contributed by atoms with van der Waals surface area (Å²) >= 11 is 0. The van der Waals surface area contributed by atoms with E-state index in [9.17, 15) is 26.8 Å². The van der Waals surface area contributed by atoms with Gasteiger partial charge in [0.2, 0.25) is 0 Å². The molecule has 242 valence electrons. The van der Waals surface area contributed by atoms with Gasteiger partial charge in [-0.1, -0.05) is 12.1 Å². The molecule has 0 spiro atoms. The molecule has 3 aromatic carbocycles. The second kappa shape index (κ2) is 12.2. The molecule has 3 heterocycles. The minimum Gasteiger partial charge on any atom is -0.486 e. The van der Waals surface area contributed by atoms with Crippen molar-refractivity contribution in [1.29, 1.82) is 0 Å². The molecular formula is C32H32F2N4O7S. The molecule has 2 aliphatic rings. The molecule has 1 saturated heterocycles. The second-order valence-corrected chi connectivity index (χ2v) is 13.7. The summed E-state index contributed by atoms with van der Waals surface area (Å²) in [5.74, 6) is -3.95. The Morgan fingerprint density at radius 1 is 1.07 bits per heavy atom. The molecule has 0 saturated carbocycles. The quantitative estimate of drug-likeness (QED) is 0.277. The Morgan fingerprint density at radius 3 is 2.59 bits per heavy atom. The summed E-state index contributed by atoms with van der Waals surface area (Å²) in [6.07, 6.45) is 1.13. The van der Waals surface area contributed by atoms with E-state index < -0.39 is 39.9 Å². The van der Waals surface area contributed by atoms with Crippen LogP contribution in [0.25, 0.3) is 16.6 Å². The van der Waals surface area contributed by atoms with Gasteiger partial charge in [-0.15, -0.1) is 0 Å². The van der Waals surface area contributed by atoms with Crippen LogP contribution in [-0.2, 0) is 14.6 Å². The number of carbonyl (C=O) groups is 2. The molecule has 1 aromatic heterocycles. The van der Waals surface area contributed by atoms with Crippen LogP contribution in [0.1, 0.15) is 42.3 Å². The van der Waals surface area contributed by atoms with E-state index in [2.05, 4.69) is 15.7 Å². The van der Waals surface area contributed by atoms with Gasteiger partial charge in [0.05, 0.1) is 34.9 Å². The van der Waals surface area contributed by atoms with Crippen LogP contribution in [0.5, 0.6) is 17.2 Å². The highest BCUT2D eigenvalue weighted by molar-refractivity contribution is 7.91. The third-order valence-electron chi connectivity index (χ3n) is 7.83. The largest absolute Gasteiger partial charge is 0.486 e. The number of amides is 2. The zero-order chi connectivity index (χ0) is 32.6. The number of carbonyl (C=O) groups excluding carboxylic acids is 2. The van der Waals surface area contributed by atoms with Crippen LogP contribution in [0.4, 0.5) is 8.78 Å². The van der Waals surface area contributed by atoms with Crippen molar-refractivity contribution in [3.63, 3.8) is 0 Å². The van der Waals surface area contributed by atoms with E-state index in [4.69, 9.17) is 14.2 Å². The highest BCUT2D eigenvalue weighted by atomic mass is 32.2. The lowest BCUT2D eigenvalue weighted by Gasteiger charge is -2.28. The van der Waals surface area contributed by atoms with E-state index in [1.807, 2.05) is 0 Å². The Morgan fingerprint density at radius 2 is 1.85 bits per heavy atom. The highest BCUT2D eigenvalue weighted by Gasteiger charge is 2.35. The Labute approximate surface area is 263 Å². The Hall–Kier alpha value is -4.72. The molecule has 0 bridgehead atoms. The van der Waals surface area contributed by atoms with Gasteiger partial charge in [0.1, 0.15) is 25.1 Å². The number of fused-ring (bicyclic) bond motifs is 2. The maximum absolute atomic E-state index is 13.8. The summed E-state index contributed by atoms with van der Waals surface area (Å²) in [4.78, 5) is 25.0. The molecule has 2 N–H and O–H groups in total. The van der Waals surface area contributed by atoms with Crippen LogP contribution in [0.2, 0.25) is 0 Å². The van der Waals surface area contributed by atoms with Gasteiger partial charge in [0.25, 0.3) is 11.8 Å². The first-order valence-corrected chi connectivity index (χ1v) is 16.5. The number of ether oxygens (including phenoxy) is 3. The third-order valence-corrected chi connectivity index (χ3v) is 9.60. The van der Waals surface area contributed by atoms with Gasteiger partial charge >= 0.3 is 5.92 Å². The van der Waals surface area contributed by atoms with Crippen molar-refractivity contribution in [2.45, 2.75) is 44.4 Å². The number of sulfone groups is 1. The Balaban J connectivity index is 1.25. The van der Waals surface area contributed by atoms with Crippen LogP contribution >= 0.6 is 0 Å². The van der Waals surface area contributed by atoms with Crippen molar-refractivity contribution in [3.05, 3.63) is 78.0 Å². The van der Waals surface area contributed by atoms with E-state index in [-0.39, 0.29) is 17.4 Å². The van der Waals surface area contributed by atoms with Crippen LogP contribution in [0.3, 0.4) is 0 Å². The van der Waals surface area contributed by atoms with Gasteiger partial charge in [-0.2, -0.15) is 13.9 Å². The first kappa shape index (κ1) is 31.3. The number of nitrogens with zero attached hydrogens (tertiary/aromatic N) is 2. The lowest BCUT2D eigenvalue weighted by Crippen LogP contribution is -2.46. The molecule has 6 rings (SSSR count). The molecule has 3 atom stereocenters. The van der Waals surface area contributed by atoms with Crippen LogP contribution < -0.4 is 24.8 Å². The second-order valence-electron chi connectivity index (χ2n) is 11.5. The molecule has 0 radical (unpaired) electrons. The van der Waals surface area contributed by atoms with Crippen molar-refractivity contribution in [1.82, 2.24) is 20.4 Å². The number of rotatable bonds is 9. The average Bonchev–Trinajstić information content (AvgIpc) is 3.60. The Kier molecular flexibility index (Phi) is 8.32. The maximum Gasteiger partial charge on any atom is 0.321 e. The maximum atomic E-state index is 13.8. The topological polar surface area (TPSA) is 138 Å². The fraction of sp³-hybridized carbons (Fsp3) is 0.344. The summed E-state index contributed by atoms with van der Waals surface area (Å²) in [5.41, 5.74) is 2.26. The molecular weight excluding hydrogens is 622 g/mol. The van der Waals surface area contributed by atoms with Crippen molar-refractivity contribution < 1.29 is 41.0 Å². The smallest absolute Gasteiger partial charge is 0.321 e. The minimum atomic E-state index is -3.58. The molecule has 0 unspecified atom stereocenters. The van der Waals surface area contributed by atoms with Gasteiger partial charge in [0, 0.05) is 23.9 Å². The van der Waals surface area contributed by atoms with Crippen molar-refractivity contribution in [3.8, 4) is 22.9 Å². The number of hydrogen-bond acceptors (Lipinski definition) is 8. The number of benzene rings is 3. The predicted octanol–water partition coefficient (Wildman–Crippen LogP) is 3.99. The first-order valence-electron chi connectivity index (χ1n) is 14.7. The SMILES string of the molecule is C[C@H](NC(=O)C(C)(F)F)[C@H](Oc1ccc2c(cnn2-c2cccc(C(=O)N[C@H]3CCS(=O)(=O)C3)c2)c1)c1ccc2c(c1)OCCO2. The third kappa shape index (κ3) is 6.76. The average molecular weight is 655 g/mol. The summed E-state index contributed by atoms with van der Waals surface area (Å²) in [7, 11) is -3.14. The van der Waals surface area contributed by atoms with Gasteiger partial charge in [-0.25, -0.2) is 13.1 Å². The zero-order valence-electron chi connectivity index (χ0n) is 25.0. The van der Waals surface area contributed by atoms with E-state index in [1.54, 1.807) is 78.5 Å². The summed E-state index contributed by atoms with van der Waals surface area (Å²) in [5, 5.41) is 10.3. The van der Waals surface area contributed by atoms with Crippen LogP contribution in [-0.4, -0.2) is 72.7 Å². The summed E-state index contributed by atoms with van der Waals surface area (Å²) in [6.45, 7) is 2.87. The molecule has 46 heavy (non-hydrogen) atoms. The van der Waals surface area contributed by atoms with E-state index in [0.717, 1.165) is 0 Å². The molecule has 11 nitrogen and oxygen atoms in total. The number of nitrogens with one attached hydrogen (secondary N) is 2. The van der Waals surface area contributed by atoms with Gasteiger partial charge < -0.3 is 24.8 Å². The lowest BCUT2D eigenvalue weighted by molar-refractivity contribution is -0.144. The van der Waals surface area contributed by atoms with Crippen molar-refractivity contribution in [2.24, 2.45) is 0 Å². The van der Waals surface area contributed by atoms with E-state index >= 15 is 0 Å². The van der Waals surface area contributed by atoms with Crippen LogP contribution in [0, 0.1) is 0 Å². The standard InChI is InChI=1S/C32H32F2N4O7S/c1-19(36-31(40)32(2,33)34)29(20-6-9-27-28(16-20)44-12-11-43-27)45-25-7-8-26-22(15-25)17-35-38(26)24-5-3-4-21(14-24)30(39)37-23-10-13-46(41,42)18-23/h3-9,14-17,19,23,29H,10-13,18H2,1-2H3,(H,36,40)(H,37,39)/t19-,23-,29-/m0/s1. The van der Waals surface area contributed by atoms with Gasteiger partial charge in [0.15, 0.2) is 21.3 Å². The summed E-state index contributed by atoms with van der Waals surface area (Å²) in [6, 6.07) is 15.9. The monoisotopic (exact) mass is 654 g/mol. The molecule has 1 fully saturated rings. The van der Waals surface area contributed by atoms with Crippen molar-refractivity contribution in [2.75, 3.05) is 24.7 Å². The number of aromatic nitrogens is 2. The molecule has 14 heteroatoms. The number of alkyl halides is 2. The minimum absolute atomic E-state index is 0.0582. The molecule has 2 aliphatic heterocycles. The van der Waals surface area contributed by atoms with Gasteiger partial charge in [-0.05, 0) is 67.4 Å². The predicted molar refractivity (Wildman–Crippen MR) is 165 cm³/mol.